The van der Waals surface area contributed by atoms with E-state index in [-0.39, 0.29) is 5.91 Å². The van der Waals surface area contributed by atoms with Crippen molar-refractivity contribution in [1.29, 1.82) is 0 Å². The maximum Gasteiger partial charge on any atom is 0.251 e. The molecule has 4 heteroatoms. The highest BCUT2D eigenvalue weighted by Gasteiger charge is 2.10. The van der Waals surface area contributed by atoms with E-state index in [9.17, 15) is 4.79 Å². The van der Waals surface area contributed by atoms with Gasteiger partial charge in [-0.25, -0.2) is 0 Å². The number of hydrogen-bond acceptors (Lipinski definition) is 1. The van der Waals surface area contributed by atoms with Gasteiger partial charge in [-0.2, -0.15) is 0 Å². The fraction of sp³-hybridized carbons (Fsp3) is 0.0870. The van der Waals surface area contributed by atoms with Gasteiger partial charge < -0.3 is 10.3 Å². The molecule has 0 fully saturated rings. The number of aromatic nitrogens is 1. The highest BCUT2D eigenvalue weighted by molar-refractivity contribution is 6.33. The van der Waals surface area contributed by atoms with Crippen molar-refractivity contribution in [3.05, 3.63) is 82.9 Å². The van der Waals surface area contributed by atoms with Crippen LogP contribution in [0.15, 0.2) is 66.7 Å². The molecule has 27 heavy (non-hydrogen) atoms. The second-order valence-corrected chi connectivity index (χ2v) is 6.98. The second-order valence-electron chi connectivity index (χ2n) is 6.57. The van der Waals surface area contributed by atoms with Crippen molar-refractivity contribution in [2.75, 3.05) is 7.05 Å². The van der Waals surface area contributed by atoms with Crippen LogP contribution in [0.3, 0.4) is 0 Å². The Bertz CT molecular complexity index is 1160. The molecule has 3 aromatic carbocycles. The minimum atomic E-state index is -0.0740. The zero-order chi connectivity index (χ0) is 19.0. The van der Waals surface area contributed by atoms with Crippen LogP contribution in [0.5, 0.6) is 0 Å². The Kier molecular flexibility index (Phi) is 4.46. The van der Waals surface area contributed by atoms with E-state index >= 15 is 0 Å². The quantitative estimate of drug-likeness (QED) is 0.466. The highest BCUT2D eigenvalue weighted by Crippen LogP contribution is 2.32. The molecule has 4 rings (SSSR count). The van der Waals surface area contributed by atoms with Gasteiger partial charge in [-0.3, -0.25) is 4.79 Å². The predicted molar refractivity (Wildman–Crippen MR) is 112 cm³/mol. The number of H-pyrrole nitrogens is 1. The van der Waals surface area contributed by atoms with Crippen LogP contribution in [-0.4, -0.2) is 17.9 Å². The molecular formula is C23H19ClN2O. The molecule has 2 N–H and O–H groups in total. The maximum atomic E-state index is 11.8. The zero-order valence-corrected chi connectivity index (χ0v) is 15.9. The smallest absolute Gasteiger partial charge is 0.251 e. The van der Waals surface area contributed by atoms with E-state index in [4.69, 9.17) is 11.6 Å². The van der Waals surface area contributed by atoms with E-state index in [2.05, 4.69) is 34.6 Å². The summed E-state index contributed by atoms with van der Waals surface area (Å²) >= 11 is 6.33. The van der Waals surface area contributed by atoms with Crippen LogP contribution in [0, 0.1) is 6.92 Å². The van der Waals surface area contributed by atoms with Crippen molar-refractivity contribution >= 4 is 28.4 Å². The van der Waals surface area contributed by atoms with Gasteiger partial charge in [-0.1, -0.05) is 41.9 Å². The molecule has 0 bridgehead atoms. The van der Waals surface area contributed by atoms with Gasteiger partial charge in [0, 0.05) is 39.8 Å². The first-order valence-electron chi connectivity index (χ1n) is 8.77. The molecule has 0 spiro atoms. The number of amides is 1. The molecule has 0 saturated carbocycles. The largest absolute Gasteiger partial charge is 0.355 e. The summed E-state index contributed by atoms with van der Waals surface area (Å²) in [5, 5.41) is 4.51. The molecule has 1 aromatic heterocycles. The van der Waals surface area contributed by atoms with Crippen LogP contribution < -0.4 is 5.32 Å². The number of aryl methyl sites for hydroxylation is 1. The Morgan fingerprint density at radius 2 is 1.78 bits per heavy atom. The standard InChI is InChI=1S/C23H19ClN2O/c1-14-11-16(23(27)25-2)7-9-18(14)15-8-10-21-17(12-15)13-22(26-21)19-5-3-4-6-20(19)24/h3-13,26H,1-2H3,(H,25,27). The van der Waals surface area contributed by atoms with Gasteiger partial charge in [0.1, 0.15) is 0 Å². The molecule has 0 aliphatic rings. The average molecular weight is 375 g/mol. The van der Waals surface area contributed by atoms with Gasteiger partial charge in [0.2, 0.25) is 0 Å². The lowest BCUT2D eigenvalue weighted by Crippen LogP contribution is -2.17. The number of carbonyl (C=O) groups excluding carboxylic acids is 1. The summed E-state index contributed by atoms with van der Waals surface area (Å²) in [6, 6.07) is 22.1. The molecule has 1 amide bonds. The van der Waals surface area contributed by atoms with Crippen molar-refractivity contribution in [3.63, 3.8) is 0 Å². The number of halogens is 1. The highest BCUT2D eigenvalue weighted by atomic mass is 35.5. The lowest BCUT2D eigenvalue weighted by Gasteiger charge is -2.08. The van der Waals surface area contributed by atoms with E-state index in [0.717, 1.165) is 43.9 Å². The summed E-state index contributed by atoms with van der Waals surface area (Å²) in [6.45, 7) is 2.03. The lowest BCUT2D eigenvalue weighted by molar-refractivity contribution is 0.0963. The lowest BCUT2D eigenvalue weighted by atomic mass is 9.97. The van der Waals surface area contributed by atoms with Gasteiger partial charge in [0.05, 0.1) is 0 Å². The molecule has 0 aliphatic carbocycles. The Morgan fingerprint density at radius 1 is 0.963 bits per heavy atom. The first-order chi connectivity index (χ1) is 13.1. The average Bonchev–Trinajstić information content (AvgIpc) is 3.10. The Morgan fingerprint density at radius 3 is 2.52 bits per heavy atom. The van der Waals surface area contributed by atoms with Gasteiger partial charge in [0.15, 0.2) is 0 Å². The molecule has 0 atom stereocenters. The number of hydrogen-bond donors (Lipinski definition) is 2. The fourth-order valence-corrected chi connectivity index (χ4v) is 3.64. The molecule has 0 radical (unpaired) electrons. The topological polar surface area (TPSA) is 44.9 Å². The first-order valence-corrected chi connectivity index (χ1v) is 9.15. The molecule has 4 aromatic rings. The summed E-state index contributed by atoms with van der Waals surface area (Å²) in [5.41, 5.74) is 7.02. The van der Waals surface area contributed by atoms with E-state index < -0.39 is 0 Å². The summed E-state index contributed by atoms with van der Waals surface area (Å²) in [5.74, 6) is -0.0740. The van der Waals surface area contributed by atoms with Crippen molar-refractivity contribution in [2.45, 2.75) is 6.92 Å². The zero-order valence-electron chi connectivity index (χ0n) is 15.1. The SMILES string of the molecule is CNC(=O)c1ccc(-c2ccc3[nH]c(-c4ccccc4Cl)cc3c2)c(C)c1. The molecular weight excluding hydrogens is 356 g/mol. The Hall–Kier alpha value is -3.04. The van der Waals surface area contributed by atoms with Gasteiger partial charge >= 0.3 is 0 Å². The first kappa shape index (κ1) is 17.4. The number of rotatable bonds is 3. The number of carbonyl (C=O) groups is 1. The Balaban J connectivity index is 1.76. The van der Waals surface area contributed by atoms with Crippen LogP contribution in [-0.2, 0) is 0 Å². The minimum Gasteiger partial charge on any atom is -0.355 e. The molecule has 1 heterocycles. The molecule has 0 saturated heterocycles. The van der Waals surface area contributed by atoms with Crippen molar-refractivity contribution in [2.24, 2.45) is 0 Å². The molecule has 0 unspecified atom stereocenters. The summed E-state index contributed by atoms with van der Waals surface area (Å²) in [6.07, 6.45) is 0. The van der Waals surface area contributed by atoms with E-state index in [1.807, 2.05) is 49.4 Å². The van der Waals surface area contributed by atoms with E-state index in [0.29, 0.717) is 5.56 Å². The van der Waals surface area contributed by atoms with Crippen molar-refractivity contribution < 1.29 is 4.79 Å². The van der Waals surface area contributed by atoms with Crippen LogP contribution in [0.1, 0.15) is 15.9 Å². The summed E-state index contributed by atoms with van der Waals surface area (Å²) < 4.78 is 0. The van der Waals surface area contributed by atoms with Gasteiger partial charge in [-0.05, 0) is 60.0 Å². The number of benzene rings is 3. The number of nitrogens with one attached hydrogen (secondary N) is 2. The van der Waals surface area contributed by atoms with Gasteiger partial charge in [-0.15, -0.1) is 0 Å². The van der Waals surface area contributed by atoms with Crippen molar-refractivity contribution in [3.8, 4) is 22.4 Å². The minimum absolute atomic E-state index is 0.0740. The Labute approximate surface area is 163 Å². The van der Waals surface area contributed by atoms with E-state index in [1.54, 1.807) is 7.05 Å². The normalized spacial score (nSPS) is 10.9. The van der Waals surface area contributed by atoms with Crippen LogP contribution >= 0.6 is 11.6 Å². The molecule has 3 nitrogen and oxygen atoms in total. The van der Waals surface area contributed by atoms with Crippen LogP contribution in [0.2, 0.25) is 5.02 Å². The van der Waals surface area contributed by atoms with Crippen LogP contribution in [0.25, 0.3) is 33.3 Å². The third-order valence-corrected chi connectivity index (χ3v) is 5.14. The predicted octanol–water partition coefficient (Wildman–Crippen LogP) is 5.82. The van der Waals surface area contributed by atoms with Crippen molar-refractivity contribution in [1.82, 2.24) is 10.3 Å². The fourth-order valence-electron chi connectivity index (χ4n) is 3.40. The van der Waals surface area contributed by atoms with E-state index in [1.165, 1.54) is 0 Å². The maximum absolute atomic E-state index is 11.8. The summed E-state index contributed by atoms with van der Waals surface area (Å²) in [7, 11) is 1.64. The van der Waals surface area contributed by atoms with Gasteiger partial charge in [0.25, 0.3) is 5.91 Å². The number of aromatic amines is 1. The van der Waals surface area contributed by atoms with Crippen LogP contribution in [0.4, 0.5) is 0 Å². The molecule has 0 aliphatic heterocycles. The third kappa shape index (κ3) is 3.22. The monoisotopic (exact) mass is 374 g/mol. The number of fused-ring (bicyclic) bond motifs is 1. The second kappa shape index (κ2) is 6.93. The third-order valence-electron chi connectivity index (χ3n) is 4.81. The molecule has 134 valence electrons. The summed E-state index contributed by atoms with van der Waals surface area (Å²) in [4.78, 5) is 15.3.